The second kappa shape index (κ2) is 5.15. The number of hydrogen-bond acceptors (Lipinski definition) is 1. The highest BCUT2D eigenvalue weighted by Crippen LogP contribution is 2.24. The van der Waals surface area contributed by atoms with E-state index < -0.39 is 6.10 Å². The standard InChI is InChI=1S/C16H18O/c1-12(2)7-10-16(17)15-9-8-13-5-3-4-6-14(13)11-15/h3-6,8-9,11,16-17H,1,7,10H2,2H3. The molecule has 88 valence electrons. The monoisotopic (exact) mass is 226 g/mol. The van der Waals surface area contributed by atoms with Crippen LogP contribution in [-0.4, -0.2) is 5.11 Å². The van der Waals surface area contributed by atoms with E-state index in [2.05, 4.69) is 30.8 Å². The number of fused-ring (bicyclic) bond motifs is 1. The molecule has 2 aromatic carbocycles. The lowest BCUT2D eigenvalue weighted by atomic mass is 9.99. The van der Waals surface area contributed by atoms with Gasteiger partial charge in [-0.1, -0.05) is 42.0 Å². The topological polar surface area (TPSA) is 20.2 Å². The minimum atomic E-state index is -0.392. The first-order valence-corrected chi connectivity index (χ1v) is 5.98. The molecular weight excluding hydrogens is 208 g/mol. The maximum atomic E-state index is 10.1. The number of hydrogen-bond donors (Lipinski definition) is 1. The van der Waals surface area contributed by atoms with E-state index in [1.807, 2.05) is 25.1 Å². The van der Waals surface area contributed by atoms with Gasteiger partial charge in [0.25, 0.3) is 0 Å². The van der Waals surface area contributed by atoms with Gasteiger partial charge in [-0.15, -0.1) is 6.58 Å². The van der Waals surface area contributed by atoms with Gasteiger partial charge in [0, 0.05) is 0 Å². The van der Waals surface area contributed by atoms with Crippen LogP contribution in [0.25, 0.3) is 10.8 Å². The molecule has 0 aliphatic carbocycles. The van der Waals surface area contributed by atoms with Crippen molar-refractivity contribution in [3.8, 4) is 0 Å². The largest absolute Gasteiger partial charge is 0.388 e. The van der Waals surface area contributed by atoms with Crippen molar-refractivity contribution >= 4 is 10.8 Å². The Morgan fingerprint density at radius 1 is 1.18 bits per heavy atom. The molecule has 0 aromatic heterocycles. The highest BCUT2D eigenvalue weighted by Gasteiger charge is 2.07. The van der Waals surface area contributed by atoms with Crippen LogP contribution in [0.5, 0.6) is 0 Å². The molecular formula is C16H18O. The number of aliphatic hydroxyl groups is 1. The first kappa shape index (κ1) is 11.9. The highest BCUT2D eigenvalue weighted by molar-refractivity contribution is 5.83. The Morgan fingerprint density at radius 2 is 1.88 bits per heavy atom. The molecule has 0 aliphatic heterocycles. The maximum Gasteiger partial charge on any atom is 0.0793 e. The summed E-state index contributed by atoms with van der Waals surface area (Å²) in [6.07, 6.45) is 1.22. The van der Waals surface area contributed by atoms with Crippen molar-refractivity contribution in [2.75, 3.05) is 0 Å². The van der Waals surface area contributed by atoms with Gasteiger partial charge in [0.05, 0.1) is 6.10 Å². The summed E-state index contributed by atoms with van der Waals surface area (Å²) in [5.41, 5.74) is 2.11. The van der Waals surface area contributed by atoms with Crippen molar-refractivity contribution < 1.29 is 5.11 Å². The molecule has 0 spiro atoms. The van der Waals surface area contributed by atoms with Crippen molar-refractivity contribution in [3.63, 3.8) is 0 Å². The van der Waals surface area contributed by atoms with Crippen molar-refractivity contribution in [3.05, 3.63) is 60.2 Å². The van der Waals surface area contributed by atoms with Crippen LogP contribution in [0.3, 0.4) is 0 Å². The van der Waals surface area contributed by atoms with Crippen LogP contribution in [0.15, 0.2) is 54.6 Å². The highest BCUT2D eigenvalue weighted by atomic mass is 16.3. The van der Waals surface area contributed by atoms with E-state index in [1.165, 1.54) is 10.8 Å². The van der Waals surface area contributed by atoms with Gasteiger partial charge >= 0.3 is 0 Å². The van der Waals surface area contributed by atoms with Crippen LogP contribution < -0.4 is 0 Å². The summed E-state index contributed by atoms with van der Waals surface area (Å²) < 4.78 is 0. The minimum Gasteiger partial charge on any atom is -0.388 e. The van der Waals surface area contributed by atoms with Gasteiger partial charge in [-0.3, -0.25) is 0 Å². The summed E-state index contributed by atoms with van der Waals surface area (Å²) in [6, 6.07) is 14.3. The van der Waals surface area contributed by atoms with E-state index in [-0.39, 0.29) is 0 Å². The molecule has 1 unspecified atom stereocenters. The zero-order chi connectivity index (χ0) is 12.3. The zero-order valence-electron chi connectivity index (χ0n) is 10.2. The first-order valence-electron chi connectivity index (χ1n) is 5.98. The Balaban J connectivity index is 2.20. The SMILES string of the molecule is C=C(C)CCC(O)c1ccc2ccccc2c1. The van der Waals surface area contributed by atoms with Crippen molar-refractivity contribution in [1.82, 2.24) is 0 Å². The minimum absolute atomic E-state index is 0.392. The molecule has 1 N–H and O–H groups in total. The van der Waals surface area contributed by atoms with Gasteiger partial charge in [0.1, 0.15) is 0 Å². The smallest absolute Gasteiger partial charge is 0.0793 e. The molecule has 0 radical (unpaired) electrons. The van der Waals surface area contributed by atoms with E-state index in [0.717, 1.165) is 24.0 Å². The second-order valence-electron chi connectivity index (χ2n) is 4.62. The zero-order valence-corrected chi connectivity index (χ0v) is 10.2. The Labute approximate surface area is 102 Å². The molecule has 1 heteroatoms. The van der Waals surface area contributed by atoms with E-state index in [4.69, 9.17) is 0 Å². The molecule has 2 rings (SSSR count). The lowest BCUT2D eigenvalue weighted by Gasteiger charge is -2.11. The molecule has 0 aliphatic rings. The van der Waals surface area contributed by atoms with Crippen LogP contribution in [0.1, 0.15) is 31.4 Å². The average Bonchev–Trinajstić information content (AvgIpc) is 2.35. The van der Waals surface area contributed by atoms with Gasteiger partial charge in [-0.25, -0.2) is 0 Å². The van der Waals surface area contributed by atoms with Gasteiger partial charge in [-0.05, 0) is 42.2 Å². The predicted octanol–water partition coefficient (Wildman–Crippen LogP) is 4.23. The Bertz CT molecular complexity index is 528. The summed E-state index contributed by atoms with van der Waals surface area (Å²) in [7, 11) is 0. The van der Waals surface area contributed by atoms with Crippen LogP contribution >= 0.6 is 0 Å². The van der Waals surface area contributed by atoms with Gasteiger partial charge < -0.3 is 5.11 Å². The summed E-state index contributed by atoms with van der Waals surface area (Å²) in [6.45, 7) is 5.85. The van der Waals surface area contributed by atoms with Crippen LogP contribution in [0, 0.1) is 0 Å². The summed E-state index contributed by atoms with van der Waals surface area (Å²) >= 11 is 0. The fourth-order valence-corrected chi connectivity index (χ4v) is 1.96. The van der Waals surface area contributed by atoms with E-state index >= 15 is 0 Å². The fraction of sp³-hybridized carbons (Fsp3) is 0.250. The number of rotatable bonds is 4. The lowest BCUT2D eigenvalue weighted by molar-refractivity contribution is 0.168. The Kier molecular flexibility index (Phi) is 3.60. The Hall–Kier alpha value is -1.60. The molecule has 0 saturated heterocycles. The summed E-state index contributed by atoms with van der Waals surface area (Å²) in [5, 5.41) is 12.5. The molecule has 0 bridgehead atoms. The van der Waals surface area contributed by atoms with E-state index in [0.29, 0.717) is 0 Å². The van der Waals surface area contributed by atoms with Crippen LogP contribution in [-0.2, 0) is 0 Å². The fourth-order valence-electron chi connectivity index (χ4n) is 1.96. The molecule has 17 heavy (non-hydrogen) atoms. The van der Waals surface area contributed by atoms with E-state index in [9.17, 15) is 5.11 Å². The van der Waals surface area contributed by atoms with Gasteiger partial charge in [0.15, 0.2) is 0 Å². The quantitative estimate of drug-likeness (QED) is 0.773. The third kappa shape index (κ3) is 2.95. The average molecular weight is 226 g/mol. The molecule has 0 heterocycles. The maximum absolute atomic E-state index is 10.1. The lowest BCUT2D eigenvalue weighted by Crippen LogP contribution is -1.97. The van der Waals surface area contributed by atoms with Gasteiger partial charge in [-0.2, -0.15) is 0 Å². The third-order valence-electron chi connectivity index (χ3n) is 3.00. The van der Waals surface area contributed by atoms with Gasteiger partial charge in [0.2, 0.25) is 0 Å². The first-order chi connectivity index (χ1) is 8.16. The third-order valence-corrected chi connectivity index (χ3v) is 3.00. The van der Waals surface area contributed by atoms with Crippen LogP contribution in [0.4, 0.5) is 0 Å². The van der Waals surface area contributed by atoms with Crippen molar-refractivity contribution in [2.45, 2.75) is 25.9 Å². The Morgan fingerprint density at radius 3 is 2.59 bits per heavy atom. The van der Waals surface area contributed by atoms with Crippen molar-refractivity contribution in [1.29, 1.82) is 0 Å². The molecule has 1 nitrogen and oxygen atoms in total. The molecule has 0 fully saturated rings. The predicted molar refractivity (Wildman–Crippen MR) is 73.0 cm³/mol. The second-order valence-corrected chi connectivity index (χ2v) is 4.62. The number of benzene rings is 2. The van der Waals surface area contributed by atoms with Crippen LogP contribution in [0.2, 0.25) is 0 Å². The number of aliphatic hydroxyl groups excluding tert-OH is 1. The normalized spacial score (nSPS) is 12.6. The molecule has 2 aromatic rings. The number of allylic oxidation sites excluding steroid dienone is 1. The molecule has 0 saturated carbocycles. The molecule has 0 amide bonds. The molecule has 1 atom stereocenters. The van der Waals surface area contributed by atoms with Crippen molar-refractivity contribution in [2.24, 2.45) is 0 Å². The van der Waals surface area contributed by atoms with E-state index in [1.54, 1.807) is 0 Å². The summed E-state index contributed by atoms with van der Waals surface area (Å²) in [5.74, 6) is 0. The summed E-state index contributed by atoms with van der Waals surface area (Å²) in [4.78, 5) is 0.